The van der Waals surface area contributed by atoms with Gasteiger partial charge >= 0.3 is 6.18 Å². The van der Waals surface area contributed by atoms with Crippen molar-refractivity contribution < 1.29 is 18.0 Å². The average Bonchev–Trinajstić information content (AvgIpc) is 2.39. The molecule has 0 atom stereocenters. The third kappa shape index (κ3) is 3.81. The van der Waals surface area contributed by atoms with Gasteiger partial charge in [0.2, 0.25) is 0 Å². The van der Waals surface area contributed by atoms with Crippen molar-refractivity contribution in [3.8, 4) is 0 Å². The highest BCUT2D eigenvalue weighted by atomic mass is 79.9. The highest BCUT2D eigenvalue weighted by molar-refractivity contribution is 9.10. The van der Waals surface area contributed by atoms with E-state index in [4.69, 9.17) is 0 Å². The van der Waals surface area contributed by atoms with Gasteiger partial charge < -0.3 is 5.32 Å². The van der Waals surface area contributed by atoms with Gasteiger partial charge in [0.25, 0.3) is 5.91 Å². The first-order valence-electron chi connectivity index (χ1n) is 5.87. The number of halogens is 4. The van der Waals surface area contributed by atoms with E-state index in [0.717, 1.165) is 6.07 Å². The molecule has 110 valence electrons. The Balaban J connectivity index is 2.26. The lowest BCUT2D eigenvalue weighted by Gasteiger charge is -2.12. The summed E-state index contributed by atoms with van der Waals surface area (Å²) in [6, 6.07) is 5.19. The van der Waals surface area contributed by atoms with Crippen molar-refractivity contribution >= 4 is 27.5 Å². The summed E-state index contributed by atoms with van der Waals surface area (Å²) in [5, 5.41) is 2.43. The standard InChI is InChI=1S/C14H10BrF3N2O/c1-8-2-3-11(5-12(8)14(16,17)18)20-13(21)9-4-10(15)7-19-6-9/h2-7H,1H3,(H,20,21). The number of alkyl halides is 3. The maximum atomic E-state index is 12.8. The molecule has 1 amide bonds. The van der Waals surface area contributed by atoms with Crippen LogP contribution in [0.2, 0.25) is 0 Å². The molecule has 0 aliphatic heterocycles. The molecule has 0 spiro atoms. The Morgan fingerprint density at radius 2 is 1.95 bits per heavy atom. The van der Waals surface area contributed by atoms with Crippen LogP contribution >= 0.6 is 15.9 Å². The monoisotopic (exact) mass is 358 g/mol. The van der Waals surface area contributed by atoms with E-state index < -0.39 is 17.6 Å². The fraction of sp³-hybridized carbons (Fsp3) is 0.143. The van der Waals surface area contributed by atoms with Crippen molar-refractivity contribution in [3.63, 3.8) is 0 Å². The minimum absolute atomic E-state index is 0.0814. The first-order chi connectivity index (χ1) is 9.77. The van der Waals surface area contributed by atoms with Gasteiger partial charge in [-0.3, -0.25) is 9.78 Å². The summed E-state index contributed by atoms with van der Waals surface area (Å²) in [4.78, 5) is 15.8. The van der Waals surface area contributed by atoms with Gasteiger partial charge in [0, 0.05) is 22.6 Å². The lowest BCUT2D eigenvalue weighted by molar-refractivity contribution is -0.138. The molecule has 3 nitrogen and oxygen atoms in total. The van der Waals surface area contributed by atoms with Crippen LogP contribution in [0.15, 0.2) is 41.1 Å². The summed E-state index contributed by atoms with van der Waals surface area (Å²) in [7, 11) is 0. The predicted molar refractivity (Wildman–Crippen MR) is 76.1 cm³/mol. The Morgan fingerprint density at radius 1 is 1.24 bits per heavy atom. The lowest BCUT2D eigenvalue weighted by atomic mass is 10.1. The van der Waals surface area contributed by atoms with E-state index in [2.05, 4.69) is 26.2 Å². The van der Waals surface area contributed by atoms with E-state index in [1.165, 1.54) is 37.5 Å². The van der Waals surface area contributed by atoms with Crippen LogP contribution in [0.1, 0.15) is 21.5 Å². The molecular formula is C14H10BrF3N2O. The molecule has 0 aliphatic rings. The Hall–Kier alpha value is -1.89. The van der Waals surface area contributed by atoms with Gasteiger partial charge in [-0.1, -0.05) is 6.07 Å². The van der Waals surface area contributed by atoms with Gasteiger partial charge in [0.1, 0.15) is 0 Å². The van der Waals surface area contributed by atoms with E-state index in [1.807, 2.05) is 0 Å². The van der Waals surface area contributed by atoms with Gasteiger partial charge in [-0.05, 0) is 46.6 Å². The second-order valence-electron chi connectivity index (χ2n) is 4.37. The molecule has 0 radical (unpaired) electrons. The minimum Gasteiger partial charge on any atom is -0.322 e. The Morgan fingerprint density at radius 3 is 2.57 bits per heavy atom. The number of nitrogens with zero attached hydrogens (tertiary/aromatic N) is 1. The molecule has 0 aliphatic carbocycles. The normalized spacial score (nSPS) is 11.3. The molecule has 0 saturated carbocycles. The fourth-order valence-electron chi connectivity index (χ4n) is 1.74. The Labute approximate surface area is 127 Å². The van der Waals surface area contributed by atoms with Crippen LogP contribution in [0, 0.1) is 6.92 Å². The van der Waals surface area contributed by atoms with Crippen molar-refractivity contribution in [3.05, 3.63) is 57.8 Å². The number of aryl methyl sites for hydroxylation is 1. The third-order valence-corrected chi connectivity index (χ3v) is 3.20. The number of carbonyl (C=O) groups excluding carboxylic acids is 1. The first-order valence-corrected chi connectivity index (χ1v) is 6.66. The number of anilines is 1. The van der Waals surface area contributed by atoms with Crippen molar-refractivity contribution in [2.45, 2.75) is 13.1 Å². The molecule has 2 rings (SSSR count). The molecular weight excluding hydrogens is 349 g/mol. The summed E-state index contributed by atoms with van der Waals surface area (Å²) in [6.45, 7) is 1.37. The van der Waals surface area contributed by atoms with E-state index >= 15 is 0 Å². The minimum atomic E-state index is -4.46. The average molecular weight is 359 g/mol. The summed E-state index contributed by atoms with van der Waals surface area (Å²) in [5.41, 5.74) is -0.339. The molecule has 0 bridgehead atoms. The highest BCUT2D eigenvalue weighted by Gasteiger charge is 2.32. The van der Waals surface area contributed by atoms with Crippen molar-refractivity contribution in [1.29, 1.82) is 0 Å². The zero-order valence-corrected chi connectivity index (χ0v) is 12.4. The van der Waals surface area contributed by atoms with Crippen LogP contribution in [-0.4, -0.2) is 10.9 Å². The summed E-state index contributed by atoms with van der Waals surface area (Å²) < 4.78 is 39.0. The SMILES string of the molecule is Cc1ccc(NC(=O)c2cncc(Br)c2)cc1C(F)(F)F. The Kier molecular flexibility index (Phi) is 4.32. The zero-order valence-electron chi connectivity index (χ0n) is 10.8. The molecule has 2 aromatic rings. The molecule has 7 heteroatoms. The second-order valence-corrected chi connectivity index (χ2v) is 5.29. The number of rotatable bonds is 2. The molecule has 0 unspecified atom stereocenters. The van der Waals surface area contributed by atoms with Crippen LogP contribution in [0.5, 0.6) is 0 Å². The van der Waals surface area contributed by atoms with E-state index in [-0.39, 0.29) is 16.8 Å². The van der Waals surface area contributed by atoms with Crippen LogP contribution in [0.25, 0.3) is 0 Å². The number of benzene rings is 1. The number of carbonyl (C=O) groups is 1. The highest BCUT2D eigenvalue weighted by Crippen LogP contribution is 2.33. The topological polar surface area (TPSA) is 42.0 Å². The fourth-order valence-corrected chi connectivity index (χ4v) is 2.11. The quantitative estimate of drug-likeness (QED) is 0.862. The van der Waals surface area contributed by atoms with Crippen molar-refractivity contribution in [1.82, 2.24) is 4.98 Å². The first kappa shape index (κ1) is 15.5. The molecule has 0 saturated heterocycles. The molecule has 1 aromatic carbocycles. The van der Waals surface area contributed by atoms with Crippen LogP contribution in [0.3, 0.4) is 0 Å². The maximum Gasteiger partial charge on any atom is 0.416 e. The molecule has 1 aromatic heterocycles. The van der Waals surface area contributed by atoms with Gasteiger partial charge in [-0.25, -0.2) is 0 Å². The molecule has 21 heavy (non-hydrogen) atoms. The van der Waals surface area contributed by atoms with E-state index in [0.29, 0.717) is 4.47 Å². The number of pyridine rings is 1. The number of amides is 1. The van der Waals surface area contributed by atoms with Gasteiger partial charge in [-0.15, -0.1) is 0 Å². The van der Waals surface area contributed by atoms with E-state index in [1.54, 1.807) is 0 Å². The van der Waals surface area contributed by atoms with Gasteiger partial charge in [-0.2, -0.15) is 13.2 Å². The Bertz CT molecular complexity index is 686. The van der Waals surface area contributed by atoms with Gasteiger partial charge in [0.05, 0.1) is 11.1 Å². The van der Waals surface area contributed by atoms with E-state index in [9.17, 15) is 18.0 Å². The van der Waals surface area contributed by atoms with Crippen LogP contribution in [-0.2, 0) is 6.18 Å². The smallest absolute Gasteiger partial charge is 0.322 e. The molecule has 1 N–H and O–H groups in total. The predicted octanol–water partition coefficient (Wildman–Crippen LogP) is 4.42. The maximum absolute atomic E-state index is 12.8. The largest absolute Gasteiger partial charge is 0.416 e. The number of nitrogens with one attached hydrogen (secondary N) is 1. The van der Waals surface area contributed by atoms with Crippen molar-refractivity contribution in [2.24, 2.45) is 0 Å². The van der Waals surface area contributed by atoms with Gasteiger partial charge in [0.15, 0.2) is 0 Å². The molecule has 0 fully saturated rings. The molecule has 1 heterocycles. The lowest BCUT2D eigenvalue weighted by Crippen LogP contribution is -2.14. The summed E-state index contributed by atoms with van der Waals surface area (Å²) in [6.07, 6.45) is -1.62. The summed E-state index contributed by atoms with van der Waals surface area (Å²) in [5.74, 6) is -0.527. The zero-order chi connectivity index (χ0) is 15.6. The van der Waals surface area contributed by atoms with Crippen molar-refractivity contribution in [2.75, 3.05) is 5.32 Å². The second kappa shape index (κ2) is 5.85. The number of aromatic nitrogens is 1. The number of hydrogen-bond donors (Lipinski definition) is 1. The van der Waals surface area contributed by atoms with Crippen LogP contribution in [0.4, 0.5) is 18.9 Å². The van der Waals surface area contributed by atoms with Crippen LogP contribution < -0.4 is 5.32 Å². The summed E-state index contributed by atoms with van der Waals surface area (Å²) >= 11 is 3.17. The third-order valence-electron chi connectivity index (χ3n) is 2.77. The number of hydrogen-bond acceptors (Lipinski definition) is 2.